The quantitative estimate of drug-likeness (QED) is 0.802. The molecule has 2 N–H and O–H groups in total. The highest BCUT2D eigenvalue weighted by Crippen LogP contribution is 2.34. The van der Waals surface area contributed by atoms with Crippen molar-refractivity contribution in [3.05, 3.63) is 63.6 Å². The van der Waals surface area contributed by atoms with E-state index in [1.165, 1.54) is 0 Å². The number of aliphatic hydroxyl groups is 2. The molecule has 2 aromatic carbocycles. The molecule has 0 radical (unpaired) electrons. The fraction of sp³-hybridized carbons (Fsp3) is 0.400. The Morgan fingerprint density at radius 2 is 1.73 bits per heavy atom. The second-order valence-electron chi connectivity index (χ2n) is 6.75. The summed E-state index contributed by atoms with van der Waals surface area (Å²) in [7, 11) is 1.63. The van der Waals surface area contributed by atoms with E-state index in [1.54, 1.807) is 25.3 Å². The van der Waals surface area contributed by atoms with Gasteiger partial charge in [0.2, 0.25) is 0 Å². The van der Waals surface area contributed by atoms with Gasteiger partial charge in [0, 0.05) is 19.6 Å². The summed E-state index contributed by atoms with van der Waals surface area (Å²) in [4.78, 5) is 2.16. The van der Waals surface area contributed by atoms with Crippen LogP contribution in [0.5, 0.6) is 5.75 Å². The second kappa shape index (κ2) is 8.15. The maximum atomic E-state index is 11.0. The Bertz CT molecular complexity index is 743. The third-order valence-electron chi connectivity index (χ3n) is 5.07. The summed E-state index contributed by atoms with van der Waals surface area (Å²) in [5.74, 6) is 0.777. The zero-order chi connectivity index (χ0) is 18.7. The number of hydrogen-bond acceptors (Lipinski definition) is 4. The Hall–Kier alpha value is -1.30. The van der Waals surface area contributed by atoms with Crippen LogP contribution >= 0.6 is 23.2 Å². The van der Waals surface area contributed by atoms with E-state index < -0.39 is 11.7 Å². The lowest BCUT2D eigenvalue weighted by molar-refractivity contribution is -0.0345. The maximum Gasteiger partial charge on any atom is 0.118 e. The first-order chi connectivity index (χ1) is 12.4. The van der Waals surface area contributed by atoms with Crippen molar-refractivity contribution in [3.63, 3.8) is 0 Å². The number of halogens is 2. The third-order valence-corrected chi connectivity index (χ3v) is 5.81. The molecule has 1 fully saturated rings. The van der Waals surface area contributed by atoms with E-state index >= 15 is 0 Å². The van der Waals surface area contributed by atoms with Crippen molar-refractivity contribution in [2.75, 3.05) is 26.7 Å². The molecule has 0 spiro atoms. The minimum absolute atomic E-state index is 0.441. The molecule has 0 aromatic heterocycles. The van der Waals surface area contributed by atoms with Gasteiger partial charge in [-0.05, 0) is 48.2 Å². The van der Waals surface area contributed by atoms with Crippen LogP contribution in [0.25, 0.3) is 0 Å². The number of likely N-dealkylation sites (tertiary alicyclic amines) is 1. The molecule has 1 heterocycles. The summed E-state index contributed by atoms with van der Waals surface area (Å²) in [6.07, 6.45) is 0.595. The molecule has 26 heavy (non-hydrogen) atoms. The van der Waals surface area contributed by atoms with Crippen molar-refractivity contribution in [2.45, 2.75) is 24.5 Å². The van der Waals surface area contributed by atoms with Crippen LogP contribution in [0.2, 0.25) is 10.0 Å². The van der Waals surface area contributed by atoms with Gasteiger partial charge in [-0.3, -0.25) is 0 Å². The summed E-state index contributed by atoms with van der Waals surface area (Å²) in [5, 5.41) is 22.4. The van der Waals surface area contributed by atoms with Crippen molar-refractivity contribution in [1.82, 2.24) is 4.90 Å². The normalized spacial score (nSPS) is 18.5. The van der Waals surface area contributed by atoms with Crippen molar-refractivity contribution in [3.8, 4) is 5.75 Å². The van der Waals surface area contributed by atoms with E-state index in [9.17, 15) is 10.2 Å². The number of methoxy groups -OCH3 is 1. The van der Waals surface area contributed by atoms with Gasteiger partial charge in [0.25, 0.3) is 0 Å². The maximum absolute atomic E-state index is 11.0. The molecule has 0 saturated carbocycles. The standard InChI is InChI=1S/C20H23Cl2NO3/c1-26-16-5-3-15(4-6-16)20(25)8-10-23(11-9-20)13-19(24)14-2-7-17(21)18(22)12-14/h2-7,12,19,24-25H,8-11,13H2,1H3/t19-/m0/s1. The first kappa shape index (κ1) is 19.5. The van der Waals surface area contributed by atoms with E-state index in [1.807, 2.05) is 24.3 Å². The molecule has 1 saturated heterocycles. The van der Waals surface area contributed by atoms with Gasteiger partial charge in [-0.15, -0.1) is 0 Å². The van der Waals surface area contributed by atoms with Gasteiger partial charge in [-0.1, -0.05) is 41.4 Å². The summed E-state index contributed by atoms with van der Waals surface area (Å²) >= 11 is 12.0. The molecule has 1 atom stereocenters. The van der Waals surface area contributed by atoms with Crippen LogP contribution in [0.4, 0.5) is 0 Å². The zero-order valence-corrected chi connectivity index (χ0v) is 16.2. The molecule has 6 heteroatoms. The molecule has 0 aliphatic carbocycles. The van der Waals surface area contributed by atoms with Crippen LogP contribution in [0.3, 0.4) is 0 Å². The molecular formula is C20H23Cl2NO3. The van der Waals surface area contributed by atoms with E-state index in [4.69, 9.17) is 27.9 Å². The van der Waals surface area contributed by atoms with Crippen molar-refractivity contribution in [1.29, 1.82) is 0 Å². The Morgan fingerprint density at radius 1 is 1.08 bits per heavy atom. The van der Waals surface area contributed by atoms with Crippen molar-refractivity contribution in [2.24, 2.45) is 0 Å². The third kappa shape index (κ3) is 4.33. The Labute approximate surface area is 163 Å². The molecule has 2 aromatic rings. The number of hydrogen-bond donors (Lipinski definition) is 2. The lowest BCUT2D eigenvalue weighted by atomic mass is 9.84. The average molecular weight is 396 g/mol. The molecule has 0 amide bonds. The Kier molecular flexibility index (Phi) is 6.10. The number of rotatable bonds is 5. The predicted molar refractivity (Wildman–Crippen MR) is 104 cm³/mol. The molecule has 4 nitrogen and oxygen atoms in total. The smallest absolute Gasteiger partial charge is 0.118 e. The van der Waals surface area contributed by atoms with Crippen molar-refractivity contribution < 1.29 is 14.9 Å². The van der Waals surface area contributed by atoms with Crippen LogP contribution in [0.15, 0.2) is 42.5 Å². The van der Waals surface area contributed by atoms with Gasteiger partial charge in [-0.25, -0.2) is 0 Å². The highest BCUT2D eigenvalue weighted by Gasteiger charge is 2.34. The first-order valence-electron chi connectivity index (χ1n) is 8.63. The predicted octanol–water partition coefficient (Wildman–Crippen LogP) is 4.02. The summed E-state index contributed by atoms with van der Waals surface area (Å²) in [6, 6.07) is 12.8. The second-order valence-corrected chi connectivity index (χ2v) is 7.56. The van der Waals surface area contributed by atoms with Crippen LogP contribution in [0, 0.1) is 0 Å². The summed E-state index contributed by atoms with van der Waals surface area (Å²) in [5.41, 5.74) is 0.815. The highest BCUT2D eigenvalue weighted by atomic mass is 35.5. The molecular weight excluding hydrogens is 373 g/mol. The Morgan fingerprint density at radius 3 is 2.31 bits per heavy atom. The van der Waals surface area contributed by atoms with Gasteiger partial charge >= 0.3 is 0 Å². The van der Waals surface area contributed by atoms with Gasteiger partial charge in [0.05, 0.1) is 28.9 Å². The minimum Gasteiger partial charge on any atom is -0.497 e. The summed E-state index contributed by atoms with van der Waals surface area (Å²) < 4.78 is 5.17. The molecule has 1 aliphatic rings. The number of β-amino-alcohol motifs (C(OH)–C–C–N with tert-alkyl or cyclic N) is 1. The molecule has 1 aliphatic heterocycles. The van der Waals surface area contributed by atoms with E-state index in [0.717, 1.165) is 16.9 Å². The minimum atomic E-state index is -0.836. The number of piperidine rings is 1. The topological polar surface area (TPSA) is 52.9 Å². The zero-order valence-electron chi connectivity index (χ0n) is 14.7. The number of nitrogens with zero attached hydrogens (tertiary/aromatic N) is 1. The largest absolute Gasteiger partial charge is 0.497 e. The van der Waals surface area contributed by atoms with Crippen LogP contribution in [-0.2, 0) is 5.60 Å². The van der Waals surface area contributed by atoms with Crippen LogP contribution in [0.1, 0.15) is 30.1 Å². The molecule has 3 rings (SSSR count). The fourth-order valence-corrected chi connectivity index (χ4v) is 3.67. The fourth-order valence-electron chi connectivity index (χ4n) is 3.37. The van der Waals surface area contributed by atoms with Gasteiger partial charge in [0.15, 0.2) is 0 Å². The molecule has 0 bridgehead atoms. The van der Waals surface area contributed by atoms with Gasteiger partial charge in [-0.2, -0.15) is 0 Å². The van der Waals surface area contributed by atoms with E-state index in [2.05, 4.69) is 4.90 Å². The van der Waals surface area contributed by atoms with E-state index in [0.29, 0.717) is 42.5 Å². The summed E-state index contributed by atoms with van der Waals surface area (Å²) in [6.45, 7) is 1.92. The highest BCUT2D eigenvalue weighted by molar-refractivity contribution is 6.42. The van der Waals surface area contributed by atoms with E-state index in [-0.39, 0.29) is 0 Å². The monoisotopic (exact) mass is 395 g/mol. The van der Waals surface area contributed by atoms with Crippen molar-refractivity contribution >= 4 is 23.2 Å². The average Bonchev–Trinajstić information content (AvgIpc) is 2.66. The van der Waals surface area contributed by atoms with Gasteiger partial charge < -0.3 is 19.8 Å². The molecule has 0 unspecified atom stereocenters. The SMILES string of the molecule is COc1ccc(C2(O)CCN(C[C@H](O)c3ccc(Cl)c(Cl)c3)CC2)cc1. The number of aliphatic hydroxyl groups excluding tert-OH is 1. The molecule has 140 valence electrons. The number of benzene rings is 2. The lowest BCUT2D eigenvalue weighted by Crippen LogP contribution is -2.43. The first-order valence-corrected chi connectivity index (χ1v) is 9.39. The Balaban J connectivity index is 1.59. The number of ether oxygens (including phenoxy) is 1. The van der Waals surface area contributed by atoms with Crippen LogP contribution < -0.4 is 4.74 Å². The van der Waals surface area contributed by atoms with Crippen LogP contribution in [-0.4, -0.2) is 41.9 Å². The lowest BCUT2D eigenvalue weighted by Gasteiger charge is -2.39. The van der Waals surface area contributed by atoms with Gasteiger partial charge in [0.1, 0.15) is 5.75 Å².